The Morgan fingerprint density at radius 1 is 1.17 bits per heavy atom. The molecule has 0 saturated carbocycles. The van der Waals surface area contributed by atoms with Crippen molar-refractivity contribution < 1.29 is 4.74 Å². The number of hydrogen-bond donors (Lipinski definition) is 0. The first-order valence-electron chi connectivity index (χ1n) is 5.82. The zero-order valence-corrected chi connectivity index (χ0v) is 12.2. The second kappa shape index (κ2) is 5.48. The highest BCUT2D eigenvalue weighted by atomic mass is 79.9. The SMILES string of the molecule is Cc1cc(Oc2ncc(Br)cn2)ccc1C(C)C. The van der Waals surface area contributed by atoms with Crippen LogP contribution in [0, 0.1) is 6.92 Å². The van der Waals surface area contributed by atoms with E-state index >= 15 is 0 Å². The van der Waals surface area contributed by atoms with Gasteiger partial charge < -0.3 is 4.74 Å². The first kappa shape index (κ1) is 13.0. The highest BCUT2D eigenvalue weighted by Gasteiger charge is 2.06. The van der Waals surface area contributed by atoms with E-state index in [9.17, 15) is 0 Å². The monoisotopic (exact) mass is 306 g/mol. The average Bonchev–Trinajstić information content (AvgIpc) is 2.32. The zero-order valence-electron chi connectivity index (χ0n) is 10.6. The van der Waals surface area contributed by atoms with Gasteiger partial charge in [0.15, 0.2) is 0 Å². The highest BCUT2D eigenvalue weighted by Crippen LogP contribution is 2.25. The van der Waals surface area contributed by atoms with Crippen LogP contribution in [0.1, 0.15) is 30.9 Å². The minimum absolute atomic E-state index is 0.356. The summed E-state index contributed by atoms with van der Waals surface area (Å²) in [6, 6.07) is 6.41. The number of halogens is 1. The lowest BCUT2D eigenvalue weighted by atomic mass is 9.98. The van der Waals surface area contributed by atoms with Gasteiger partial charge in [0, 0.05) is 12.4 Å². The summed E-state index contributed by atoms with van der Waals surface area (Å²) in [5, 5.41) is 0. The van der Waals surface area contributed by atoms with Gasteiger partial charge in [0.1, 0.15) is 5.75 Å². The lowest BCUT2D eigenvalue weighted by Gasteiger charge is -2.11. The van der Waals surface area contributed by atoms with E-state index in [1.165, 1.54) is 11.1 Å². The molecule has 1 aromatic heterocycles. The molecule has 0 radical (unpaired) electrons. The van der Waals surface area contributed by atoms with Crippen molar-refractivity contribution in [2.24, 2.45) is 0 Å². The van der Waals surface area contributed by atoms with Crippen molar-refractivity contribution in [1.29, 1.82) is 0 Å². The van der Waals surface area contributed by atoms with E-state index in [4.69, 9.17) is 4.74 Å². The second-order valence-corrected chi connectivity index (χ2v) is 5.37. The predicted molar refractivity (Wildman–Crippen MR) is 75.1 cm³/mol. The topological polar surface area (TPSA) is 35.0 Å². The van der Waals surface area contributed by atoms with Gasteiger partial charge in [-0.05, 0) is 52.0 Å². The Bertz CT molecular complexity index is 538. The number of aromatic nitrogens is 2. The summed E-state index contributed by atoms with van der Waals surface area (Å²) in [4.78, 5) is 8.16. The number of ether oxygens (including phenoxy) is 1. The van der Waals surface area contributed by atoms with Crippen molar-refractivity contribution in [3.8, 4) is 11.8 Å². The lowest BCUT2D eigenvalue weighted by Crippen LogP contribution is -1.95. The van der Waals surface area contributed by atoms with E-state index in [-0.39, 0.29) is 0 Å². The van der Waals surface area contributed by atoms with E-state index in [1.807, 2.05) is 12.1 Å². The Hall–Kier alpha value is -1.42. The molecule has 2 rings (SSSR count). The molecule has 0 unspecified atom stereocenters. The number of nitrogens with zero attached hydrogens (tertiary/aromatic N) is 2. The van der Waals surface area contributed by atoms with Gasteiger partial charge >= 0.3 is 6.01 Å². The molecule has 0 bridgehead atoms. The molecular weight excluding hydrogens is 292 g/mol. The number of aryl methyl sites for hydroxylation is 1. The first-order chi connectivity index (χ1) is 8.56. The summed E-state index contributed by atoms with van der Waals surface area (Å²) in [7, 11) is 0. The Morgan fingerprint density at radius 2 is 1.83 bits per heavy atom. The molecule has 0 aliphatic rings. The van der Waals surface area contributed by atoms with Crippen molar-refractivity contribution in [2.75, 3.05) is 0 Å². The van der Waals surface area contributed by atoms with Crippen LogP contribution in [0.2, 0.25) is 0 Å². The Kier molecular flexibility index (Phi) is 3.97. The molecule has 1 heterocycles. The quantitative estimate of drug-likeness (QED) is 0.839. The summed E-state index contributed by atoms with van der Waals surface area (Å²) in [6.45, 7) is 6.45. The molecule has 0 atom stereocenters. The minimum atomic E-state index is 0.356. The molecule has 0 amide bonds. The third-order valence-electron chi connectivity index (χ3n) is 2.67. The Balaban J connectivity index is 2.20. The maximum atomic E-state index is 5.61. The molecular formula is C14H15BrN2O. The maximum Gasteiger partial charge on any atom is 0.321 e. The second-order valence-electron chi connectivity index (χ2n) is 4.46. The number of hydrogen-bond acceptors (Lipinski definition) is 3. The Labute approximate surface area is 115 Å². The van der Waals surface area contributed by atoms with Gasteiger partial charge in [-0.25, -0.2) is 9.97 Å². The van der Waals surface area contributed by atoms with Gasteiger partial charge in [-0.1, -0.05) is 19.9 Å². The van der Waals surface area contributed by atoms with Crippen LogP contribution in [0.4, 0.5) is 0 Å². The Morgan fingerprint density at radius 3 is 2.39 bits per heavy atom. The number of rotatable bonds is 3. The van der Waals surface area contributed by atoms with Crippen molar-refractivity contribution in [2.45, 2.75) is 26.7 Å². The van der Waals surface area contributed by atoms with Crippen molar-refractivity contribution in [3.05, 3.63) is 46.2 Å². The maximum absolute atomic E-state index is 5.61. The first-order valence-corrected chi connectivity index (χ1v) is 6.61. The van der Waals surface area contributed by atoms with Crippen LogP contribution in [-0.2, 0) is 0 Å². The van der Waals surface area contributed by atoms with Crippen molar-refractivity contribution in [3.63, 3.8) is 0 Å². The van der Waals surface area contributed by atoms with Crippen molar-refractivity contribution in [1.82, 2.24) is 9.97 Å². The molecule has 0 N–H and O–H groups in total. The zero-order chi connectivity index (χ0) is 13.1. The van der Waals surface area contributed by atoms with Gasteiger partial charge in [0.25, 0.3) is 0 Å². The average molecular weight is 307 g/mol. The molecule has 0 saturated heterocycles. The van der Waals surface area contributed by atoms with Crippen molar-refractivity contribution >= 4 is 15.9 Å². The fourth-order valence-electron chi connectivity index (χ4n) is 1.82. The fraction of sp³-hybridized carbons (Fsp3) is 0.286. The molecule has 2 aromatic rings. The van der Waals surface area contributed by atoms with E-state index in [1.54, 1.807) is 12.4 Å². The summed E-state index contributed by atoms with van der Waals surface area (Å²) >= 11 is 3.29. The molecule has 0 fully saturated rings. The summed E-state index contributed by atoms with van der Waals surface area (Å²) in [5.41, 5.74) is 2.55. The molecule has 0 spiro atoms. The normalized spacial score (nSPS) is 10.7. The molecule has 0 aliphatic carbocycles. The summed E-state index contributed by atoms with van der Waals surface area (Å²) in [5.74, 6) is 1.28. The third kappa shape index (κ3) is 3.07. The molecule has 0 aliphatic heterocycles. The van der Waals surface area contributed by atoms with Crippen LogP contribution < -0.4 is 4.74 Å². The van der Waals surface area contributed by atoms with Gasteiger partial charge in [-0.3, -0.25) is 0 Å². The smallest absolute Gasteiger partial charge is 0.321 e. The number of benzene rings is 1. The van der Waals surface area contributed by atoms with Crippen LogP contribution >= 0.6 is 15.9 Å². The predicted octanol–water partition coefficient (Wildman–Crippen LogP) is 4.46. The molecule has 18 heavy (non-hydrogen) atoms. The van der Waals surface area contributed by atoms with Crippen LogP contribution in [0.25, 0.3) is 0 Å². The molecule has 94 valence electrons. The summed E-state index contributed by atoms with van der Waals surface area (Å²) < 4.78 is 6.44. The van der Waals surface area contributed by atoms with Gasteiger partial charge in [-0.15, -0.1) is 0 Å². The molecule has 4 heteroatoms. The third-order valence-corrected chi connectivity index (χ3v) is 3.08. The van der Waals surface area contributed by atoms with E-state index in [2.05, 4.69) is 52.7 Å². The minimum Gasteiger partial charge on any atom is -0.424 e. The van der Waals surface area contributed by atoms with Gasteiger partial charge in [0.05, 0.1) is 4.47 Å². The largest absolute Gasteiger partial charge is 0.424 e. The van der Waals surface area contributed by atoms with Gasteiger partial charge in [0.2, 0.25) is 0 Å². The molecule has 1 aromatic carbocycles. The standard InChI is InChI=1S/C14H15BrN2O/c1-9(2)13-5-4-12(6-10(13)3)18-14-16-7-11(15)8-17-14/h4-9H,1-3H3. The van der Waals surface area contributed by atoms with Crippen LogP contribution in [0.5, 0.6) is 11.8 Å². The lowest BCUT2D eigenvalue weighted by molar-refractivity contribution is 0.441. The molecule has 3 nitrogen and oxygen atoms in total. The van der Waals surface area contributed by atoms with E-state index in [0.29, 0.717) is 11.9 Å². The van der Waals surface area contributed by atoms with Crippen LogP contribution in [0.15, 0.2) is 35.1 Å². The summed E-state index contributed by atoms with van der Waals surface area (Å²) in [6.07, 6.45) is 3.33. The van der Waals surface area contributed by atoms with E-state index in [0.717, 1.165) is 10.2 Å². The van der Waals surface area contributed by atoms with E-state index < -0.39 is 0 Å². The van der Waals surface area contributed by atoms with Crippen LogP contribution in [-0.4, -0.2) is 9.97 Å². The highest BCUT2D eigenvalue weighted by molar-refractivity contribution is 9.10. The van der Waals surface area contributed by atoms with Gasteiger partial charge in [-0.2, -0.15) is 0 Å². The fourth-order valence-corrected chi connectivity index (χ4v) is 2.02. The van der Waals surface area contributed by atoms with Crippen LogP contribution in [0.3, 0.4) is 0 Å².